The molecular weight excluding hydrogens is 466 g/mol. The molecule has 4 amide bonds. The zero-order valence-corrected chi connectivity index (χ0v) is 19.5. The van der Waals surface area contributed by atoms with E-state index in [0.29, 0.717) is 11.3 Å². The molecule has 1 aromatic carbocycles. The van der Waals surface area contributed by atoms with E-state index in [1.807, 2.05) is 6.26 Å². The van der Waals surface area contributed by atoms with Gasteiger partial charge >= 0.3 is 5.97 Å². The number of carbonyl (C=O) groups excluding carboxylic acids is 4. The fourth-order valence-corrected chi connectivity index (χ4v) is 3.34. The molecule has 0 saturated carbocycles. The Balaban J connectivity index is 3.10. The van der Waals surface area contributed by atoms with Crippen molar-refractivity contribution in [2.24, 2.45) is 11.5 Å². The van der Waals surface area contributed by atoms with Gasteiger partial charge in [-0.05, 0) is 24.0 Å². The molecule has 13 heteroatoms. The first-order valence-electron chi connectivity index (χ1n) is 10.4. The van der Waals surface area contributed by atoms with Crippen LogP contribution in [-0.4, -0.2) is 82.6 Å². The van der Waals surface area contributed by atoms with E-state index in [4.69, 9.17) is 16.6 Å². The van der Waals surface area contributed by atoms with Crippen molar-refractivity contribution in [3.05, 3.63) is 35.9 Å². The molecule has 0 aromatic heterocycles. The van der Waals surface area contributed by atoms with Crippen LogP contribution in [0.15, 0.2) is 30.3 Å². The van der Waals surface area contributed by atoms with Gasteiger partial charge in [0.1, 0.15) is 24.2 Å². The summed E-state index contributed by atoms with van der Waals surface area (Å²) in [5.41, 5.74) is 11.3. The van der Waals surface area contributed by atoms with Crippen LogP contribution in [0.5, 0.6) is 0 Å². The number of benzene rings is 1. The van der Waals surface area contributed by atoms with Crippen molar-refractivity contribution in [1.82, 2.24) is 16.0 Å². The molecular formula is C21H31N5O7S. The Morgan fingerprint density at radius 3 is 2.03 bits per heavy atom. The monoisotopic (exact) mass is 497 g/mol. The second-order valence-electron chi connectivity index (χ2n) is 7.45. The number of hydrogen-bond donors (Lipinski definition) is 7. The number of primary amides is 1. The van der Waals surface area contributed by atoms with E-state index in [1.54, 1.807) is 30.3 Å². The topological polar surface area (TPSA) is 214 Å². The molecule has 1 aromatic rings. The van der Waals surface area contributed by atoms with E-state index in [9.17, 15) is 29.1 Å². The smallest absolute Gasteiger partial charge is 0.326 e. The van der Waals surface area contributed by atoms with Crippen molar-refractivity contribution in [1.29, 1.82) is 0 Å². The minimum Gasteiger partial charge on any atom is -0.480 e. The van der Waals surface area contributed by atoms with Crippen molar-refractivity contribution in [3.63, 3.8) is 0 Å². The predicted molar refractivity (Wildman–Crippen MR) is 125 cm³/mol. The fraction of sp³-hybridized carbons (Fsp3) is 0.476. The van der Waals surface area contributed by atoms with Crippen LogP contribution in [0.3, 0.4) is 0 Å². The van der Waals surface area contributed by atoms with Gasteiger partial charge in [-0.25, -0.2) is 4.79 Å². The van der Waals surface area contributed by atoms with E-state index >= 15 is 0 Å². The number of aliphatic hydroxyl groups excluding tert-OH is 1. The van der Waals surface area contributed by atoms with Gasteiger partial charge in [-0.2, -0.15) is 11.8 Å². The van der Waals surface area contributed by atoms with Crippen LogP contribution in [0.1, 0.15) is 18.4 Å². The van der Waals surface area contributed by atoms with Gasteiger partial charge in [-0.15, -0.1) is 0 Å². The zero-order chi connectivity index (χ0) is 25.7. The molecule has 4 atom stereocenters. The molecule has 188 valence electrons. The summed E-state index contributed by atoms with van der Waals surface area (Å²) >= 11 is 1.43. The number of carboxylic acids is 1. The molecule has 0 radical (unpaired) electrons. The van der Waals surface area contributed by atoms with E-state index < -0.39 is 66.8 Å². The van der Waals surface area contributed by atoms with Crippen molar-refractivity contribution in [3.8, 4) is 0 Å². The molecule has 0 fully saturated rings. The van der Waals surface area contributed by atoms with Gasteiger partial charge in [0.15, 0.2) is 0 Å². The largest absolute Gasteiger partial charge is 0.480 e. The van der Waals surface area contributed by atoms with Crippen LogP contribution in [0, 0.1) is 0 Å². The molecule has 9 N–H and O–H groups in total. The van der Waals surface area contributed by atoms with Crippen molar-refractivity contribution in [2.75, 3.05) is 18.6 Å². The van der Waals surface area contributed by atoms with Gasteiger partial charge in [0, 0.05) is 6.42 Å². The fourth-order valence-electron chi connectivity index (χ4n) is 2.87. The van der Waals surface area contributed by atoms with Gasteiger partial charge in [-0.3, -0.25) is 19.2 Å². The maximum absolute atomic E-state index is 13.0. The van der Waals surface area contributed by atoms with Gasteiger partial charge in [0.2, 0.25) is 23.6 Å². The van der Waals surface area contributed by atoms with Crippen molar-refractivity contribution in [2.45, 2.75) is 43.4 Å². The van der Waals surface area contributed by atoms with E-state index in [2.05, 4.69) is 16.0 Å². The summed E-state index contributed by atoms with van der Waals surface area (Å²) in [6, 6.07) is 3.61. The Morgan fingerprint density at radius 2 is 1.50 bits per heavy atom. The molecule has 0 spiro atoms. The summed E-state index contributed by atoms with van der Waals surface area (Å²) < 4.78 is 0. The maximum Gasteiger partial charge on any atom is 0.326 e. The molecule has 0 heterocycles. The number of carbonyl (C=O) groups is 5. The van der Waals surface area contributed by atoms with E-state index in [0.717, 1.165) is 0 Å². The van der Waals surface area contributed by atoms with E-state index in [-0.39, 0.29) is 12.8 Å². The highest BCUT2D eigenvalue weighted by atomic mass is 32.2. The second kappa shape index (κ2) is 14.9. The Hall–Kier alpha value is -3.16. The van der Waals surface area contributed by atoms with Crippen LogP contribution in [0.2, 0.25) is 0 Å². The third-order valence-corrected chi connectivity index (χ3v) is 5.36. The summed E-state index contributed by atoms with van der Waals surface area (Å²) in [5.74, 6) is -4.14. The summed E-state index contributed by atoms with van der Waals surface area (Å²) in [4.78, 5) is 60.6. The molecule has 0 aliphatic carbocycles. The standard InChI is InChI=1S/C21H31N5O7S/c1-34-8-7-14(24-18(29)13(22)11-27)19(30)25-15(9-12-5-3-2-4-6-12)20(31)26-16(21(32)33)10-17(23)28/h2-6,13-16,27H,7-11,22H2,1H3,(H2,23,28)(H,24,29)(H,25,30)(H,26,31)(H,32,33). The number of rotatable bonds is 15. The number of thioether (sulfide) groups is 1. The number of aliphatic hydroxyl groups is 1. The summed E-state index contributed by atoms with van der Waals surface area (Å²) in [7, 11) is 0. The van der Waals surface area contributed by atoms with Crippen LogP contribution < -0.4 is 27.4 Å². The Labute approximate surface area is 201 Å². The Morgan fingerprint density at radius 1 is 0.941 bits per heavy atom. The van der Waals surface area contributed by atoms with Gasteiger partial charge < -0.3 is 37.6 Å². The number of nitrogens with two attached hydrogens (primary N) is 2. The predicted octanol–water partition coefficient (Wildman–Crippen LogP) is -2.28. The van der Waals surface area contributed by atoms with Gasteiger partial charge in [-0.1, -0.05) is 30.3 Å². The lowest BCUT2D eigenvalue weighted by atomic mass is 10.0. The Bertz CT molecular complexity index is 855. The first kappa shape index (κ1) is 28.9. The first-order chi connectivity index (χ1) is 16.1. The van der Waals surface area contributed by atoms with Crippen molar-refractivity contribution >= 4 is 41.4 Å². The highest BCUT2D eigenvalue weighted by Crippen LogP contribution is 2.07. The second-order valence-corrected chi connectivity index (χ2v) is 8.44. The molecule has 12 nitrogen and oxygen atoms in total. The molecule has 0 bridgehead atoms. The Kier molecular flexibility index (Phi) is 12.6. The number of hydrogen-bond acceptors (Lipinski definition) is 8. The third-order valence-electron chi connectivity index (χ3n) is 4.71. The molecule has 1 rings (SSSR count). The summed E-state index contributed by atoms with van der Waals surface area (Å²) in [5, 5.41) is 25.6. The minimum absolute atomic E-state index is 0.0146. The van der Waals surface area contributed by atoms with Crippen LogP contribution in [0.25, 0.3) is 0 Å². The quantitative estimate of drug-likeness (QED) is 0.139. The van der Waals surface area contributed by atoms with E-state index in [1.165, 1.54) is 11.8 Å². The lowest BCUT2D eigenvalue weighted by Crippen LogP contribution is -2.58. The molecule has 0 aliphatic rings. The van der Waals surface area contributed by atoms with Gasteiger partial charge in [0.25, 0.3) is 0 Å². The number of nitrogens with one attached hydrogen (secondary N) is 3. The van der Waals surface area contributed by atoms with Crippen LogP contribution in [-0.2, 0) is 30.4 Å². The normalized spacial score (nSPS) is 14.2. The summed E-state index contributed by atoms with van der Waals surface area (Å²) in [6.07, 6.45) is 1.42. The van der Waals surface area contributed by atoms with Crippen LogP contribution >= 0.6 is 11.8 Å². The van der Waals surface area contributed by atoms with Crippen LogP contribution in [0.4, 0.5) is 0 Å². The van der Waals surface area contributed by atoms with Crippen molar-refractivity contribution < 1.29 is 34.2 Å². The third kappa shape index (κ3) is 10.2. The molecule has 0 saturated heterocycles. The lowest BCUT2D eigenvalue weighted by Gasteiger charge is -2.25. The SMILES string of the molecule is CSCCC(NC(=O)C(N)CO)C(=O)NC(Cc1ccccc1)C(=O)NC(CC(N)=O)C(=O)O. The number of amides is 4. The number of carboxylic acid groups (broad SMARTS) is 1. The first-order valence-corrected chi connectivity index (χ1v) is 11.8. The maximum atomic E-state index is 13.0. The minimum atomic E-state index is -1.57. The average Bonchev–Trinajstić information content (AvgIpc) is 2.80. The summed E-state index contributed by atoms with van der Waals surface area (Å²) in [6.45, 7) is -0.613. The molecule has 34 heavy (non-hydrogen) atoms. The molecule has 0 aliphatic heterocycles. The highest BCUT2D eigenvalue weighted by molar-refractivity contribution is 7.98. The highest BCUT2D eigenvalue weighted by Gasteiger charge is 2.30. The lowest BCUT2D eigenvalue weighted by molar-refractivity contribution is -0.143. The molecule has 4 unspecified atom stereocenters. The number of aliphatic carboxylic acids is 1. The van der Waals surface area contributed by atoms with Gasteiger partial charge in [0.05, 0.1) is 13.0 Å². The average molecular weight is 498 g/mol. The zero-order valence-electron chi connectivity index (χ0n) is 18.7.